The van der Waals surface area contributed by atoms with E-state index in [0.717, 1.165) is 62.2 Å². The van der Waals surface area contributed by atoms with E-state index in [1.165, 1.54) is 11.1 Å². The number of carbonyl (C=O) groups excluding carboxylic acids is 1. The van der Waals surface area contributed by atoms with Gasteiger partial charge < -0.3 is 20.4 Å². The number of hydrogen-bond acceptors (Lipinski definition) is 3. The normalized spacial score (nSPS) is 17.7. The molecule has 1 saturated heterocycles. The molecule has 6 nitrogen and oxygen atoms in total. The first-order chi connectivity index (χ1) is 15.1. The zero-order valence-electron chi connectivity index (χ0n) is 18.4. The molecule has 1 unspecified atom stereocenters. The lowest BCUT2D eigenvalue weighted by molar-refractivity contribution is -0.131. The van der Waals surface area contributed by atoms with Gasteiger partial charge in [0.2, 0.25) is 5.91 Å². The van der Waals surface area contributed by atoms with Crippen LogP contribution in [-0.4, -0.2) is 49.5 Å². The Morgan fingerprint density at radius 1 is 1.16 bits per heavy atom. The van der Waals surface area contributed by atoms with E-state index in [-0.39, 0.29) is 29.9 Å². The van der Waals surface area contributed by atoms with Crippen LogP contribution in [0.15, 0.2) is 53.5 Å². The smallest absolute Gasteiger partial charge is 0.223 e. The topological polar surface area (TPSA) is 60.0 Å². The number of aliphatic imine (C=N–C) groups is 1. The molecule has 4 rings (SSSR count). The largest absolute Gasteiger partial charge is 0.369 e. The average molecular weight is 568 g/mol. The van der Waals surface area contributed by atoms with Gasteiger partial charge in [0.25, 0.3) is 0 Å². The van der Waals surface area contributed by atoms with Crippen LogP contribution in [0.1, 0.15) is 30.4 Å². The van der Waals surface area contributed by atoms with E-state index >= 15 is 0 Å². The van der Waals surface area contributed by atoms with Crippen molar-refractivity contribution in [3.8, 4) is 0 Å². The van der Waals surface area contributed by atoms with Crippen molar-refractivity contribution >= 4 is 53.1 Å². The van der Waals surface area contributed by atoms with Crippen molar-refractivity contribution in [1.29, 1.82) is 0 Å². The van der Waals surface area contributed by atoms with Gasteiger partial charge in [0.05, 0.1) is 0 Å². The predicted octanol–water partition coefficient (Wildman–Crippen LogP) is 4.02. The number of benzene rings is 2. The van der Waals surface area contributed by atoms with Crippen LogP contribution in [-0.2, 0) is 17.9 Å². The third-order valence-electron chi connectivity index (χ3n) is 5.98. The van der Waals surface area contributed by atoms with E-state index in [1.54, 1.807) is 7.05 Å². The summed E-state index contributed by atoms with van der Waals surface area (Å²) in [6.45, 7) is 4.08. The summed E-state index contributed by atoms with van der Waals surface area (Å²) >= 11 is 6.13. The summed E-state index contributed by atoms with van der Waals surface area (Å²) in [5.41, 5.74) is 3.69. The fourth-order valence-electron chi connectivity index (χ4n) is 4.29. The maximum atomic E-state index is 12.5. The van der Waals surface area contributed by atoms with Gasteiger partial charge in [-0.05, 0) is 42.2 Å². The van der Waals surface area contributed by atoms with Crippen LogP contribution < -0.4 is 15.5 Å². The highest BCUT2D eigenvalue weighted by Crippen LogP contribution is 2.24. The summed E-state index contributed by atoms with van der Waals surface area (Å²) in [6, 6.07) is 16.6. The van der Waals surface area contributed by atoms with E-state index in [2.05, 4.69) is 38.7 Å². The van der Waals surface area contributed by atoms with Gasteiger partial charge in [0, 0.05) is 62.9 Å². The zero-order chi connectivity index (χ0) is 21.6. The Bertz CT molecular complexity index is 928. The Morgan fingerprint density at radius 2 is 1.91 bits per heavy atom. The summed E-state index contributed by atoms with van der Waals surface area (Å²) in [6.07, 6.45) is 2.37. The molecule has 2 heterocycles. The average Bonchev–Trinajstić information content (AvgIpc) is 3.42. The number of nitrogens with one attached hydrogen (secondary N) is 2. The van der Waals surface area contributed by atoms with Crippen LogP contribution in [0.3, 0.4) is 0 Å². The molecule has 2 aromatic rings. The quantitative estimate of drug-likeness (QED) is 0.240. The molecule has 1 fully saturated rings. The SMILES string of the molecule is CN=C(NCCCC(=O)N1Cc2ccccc2C1)NC1CCN(c2cccc(Cl)c2)C1.I. The summed E-state index contributed by atoms with van der Waals surface area (Å²) in [5.74, 6) is 1.01. The Labute approximate surface area is 212 Å². The number of halogens is 2. The molecule has 0 aliphatic carbocycles. The molecular weight excluding hydrogens is 537 g/mol. The van der Waals surface area contributed by atoms with Crippen molar-refractivity contribution in [3.05, 3.63) is 64.7 Å². The maximum Gasteiger partial charge on any atom is 0.223 e. The summed E-state index contributed by atoms with van der Waals surface area (Å²) in [4.78, 5) is 21.2. The fourth-order valence-corrected chi connectivity index (χ4v) is 4.47. The van der Waals surface area contributed by atoms with E-state index in [1.807, 2.05) is 35.2 Å². The lowest BCUT2D eigenvalue weighted by Crippen LogP contribution is -2.45. The maximum absolute atomic E-state index is 12.5. The third kappa shape index (κ3) is 6.28. The lowest BCUT2D eigenvalue weighted by atomic mass is 10.1. The molecule has 0 aromatic heterocycles. The van der Waals surface area contributed by atoms with Crippen LogP contribution in [0.4, 0.5) is 5.69 Å². The van der Waals surface area contributed by atoms with Gasteiger partial charge >= 0.3 is 0 Å². The van der Waals surface area contributed by atoms with Crippen LogP contribution in [0.2, 0.25) is 5.02 Å². The number of fused-ring (bicyclic) bond motifs is 1. The second kappa shape index (κ2) is 11.7. The van der Waals surface area contributed by atoms with Crippen molar-refractivity contribution < 1.29 is 4.79 Å². The molecule has 32 heavy (non-hydrogen) atoms. The van der Waals surface area contributed by atoms with Crippen LogP contribution in [0.25, 0.3) is 0 Å². The van der Waals surface area contributed by atoms with E-state index in [4.69, 9.17) is 11.6 Å². The Hall–Kier alpha value is -2.00. The second-order valence-electron chi connectivity index (χ2n) is 8.18. The molecule has 1 atom stereocenters. The molecule has 2 aliphatic heterocycles. The Kier molecular flexibility index (Phi) is 9.04. The van der Waals surface area contributed by atoms with Gasteiger partial charge in [0.1, 0.15) is 0 Å². The molecule has 1 amide bonds. The van der Waals surface area contributed by atoms with Gasteiger partial charge in [-0.25, -0.2) is 0 Å². The van der Waals surface area contributed by atoms with Crippen molar-refractivity contribution in [2.75, 3.05) is 31.6 Å². The lowest BCUT2D eigenvalue weighted by Gasteiger charge is -2.20. The van der Waals surface area contributed by atoms with Gasteiger partial charge in [-0.15, -0.1) is 24.0 Å². The van der Waals surface area contributed by atoms with Crippen LogP contribution in [0, 0.1) is 0 Å². The fraction of sp³-hybridized carbons (Fsp3) is 0.417. The second-order valence-corrected chi connectivity index (χ2v) is 8.61. The number of amides is 1. The van der Waals surface area contributed by atoms with E-state index in [9.17, 15) is 4.79 Å². The summed E-state index contributed by atoms with van der Waals surface area (Å²) in [7, 11) is 1.78. The number of guanidine groups is 1. The molecule has 2 aromatic carbocycles. The number of rotatable bonds is 6. The highest BCUT2D eigenvalue weighted by atomic mass is 127. The molecule has 0 spiro atoms. The van der Waals surface area contributed by atoms with Gasteiger partial charge in [0.15, 0.2) is 5.96 Å². The molecule has 172 valence electrons. The number of hydrogen-bond donors (Lipinski definition) is 2. The highest BCUT2D eigenvalue weighted by molar-refractivity contribution is 14.0. The summed E-state index contributed by atoms with van der Waals surface area (Å²) < 4.78 is 0. The molecule has 0 bridgehead atoms. The van der Waals surface area contributed by atoms with Crippen molar-refractivity contribution in [3.63, 3.8) is 0 Å². The van der Waals surface area contributed by atoms with Gasteiger partial charge in [-0.3, -0.25) is 9.79 Å². The van der Waals surface area contributed by atoms with Gasteiger partial charge in [-0.1, -0.05) is 41.9 Å². The number of carbonyl (C=O) groups is 1. The van der Waals surface area contributed by atoms with E-state index < -0.39 is 0 Å². The Balaban J connectivity index is 0.00000289. The molecular formula is C24H31ClIN5O. The number of nitrogens with zero attached hydrogens (tertiary/aromatic N) is 3. The minimum atomic E-state index is 0. The minimum absolute atomic E-state index is 0. The first kappa shape index (κ1) is 24.6. The predicted molar refractivity (Wildman–Crippen MR) is 142 cm³/mol. The van der Waals surface area contributed by atoms with E-state index in [0.29, 0.717) is 12.5 Å². The Morgan fingerprint density at radius 3 is 2.59 bits per heavy atom. The molecule has 2 N–H and O–H groups in total. The third-order valence-corrected chi connectivity index (χ3v) is 6.21. The van der Waals surface area contributed by atoms with Crippen LogP contribution >= 0.6 is 35.6 Å². The highest BCUT2D eigenvalue weighted by Gasteiger charge is 2.24. The monoisotopic (exact) mass is 567 g/mol. The molecule has 0 radical (unpaired) electrons. The standard InChI is InChI=1S/C24H30ClN5O.HI/c1-26-24(28-21-11-13-29(17-21)22-9-4-8-20(25)14-22)27-12-5-10-23(31)30-15-18-6-2-3-7-19(18)16-30;/h2-4,6-9,14,21H,5,10-13,15-17H2,1H3,(H2,26,27,28);1H. The number of anilines is 1. The molecule has 2 aliphatic rings. The summed E-state index contributed by atoms with van der Waals surface area (Å²) in [5, 5.41) is 7.62. The van der Waals surface area contributed by atoms with Crippen molar-refractivity contribution in [2.24, 2.45) is 4.99 Å². The van der Waals surface area contributed by atoms with Gasteiger partial charge in [-0.2, -0.15) is 0 Å². The molecule has 8 heteroatoms. The van der Waals surface area contributed by atoms with Crippen molar-refractivity contribution in [1.82, 2.24) is 15.5 Å². The minimum Gasteiger partial charge on any atom is -0.369 e. The first-order valence-electron chi connectivity index (χ1n) is 10.9. The molecule has 0 saturated carbocycles. The van der Waals surface area contributed by atoms with Crippen molar-refractivity contribution in [2.45, 2.75) is 38.4 Å². The van der Waals surface area contributed by atoms with Crippen LogP contribution in [0.5, 0.6) is 0 Å². The first-order valence-corrected chi connectivity index (χ1v) is 11.3. The zero-order valence-corrected chi connectivity index (χ0v) is 21.5.